The Morgan fingerprint density at radius 1 is 0.846 bits per heavy atom. The summed E-state index contributed by atoms with van der Waals surface area (Å²) in [5.74, 6) is -2.70. The summed E-state index contributed by atoms with van der Waals surface area (Å²) in [5, 5.41) is 52.6. The summed E-state index contributed by atoms with van der Waals surface area (Å²) in [4.78, 5) is 49.5. The fraction of sp³-hybridized carbons (Fsp3) is 0.388. The quantitative estimate of drug-likeness (QED) is 0.0498. The third-order valence-electron chi connectivity index (χ3n) is 12.1. The molecule has 5 aromatic carbocycles. The number of aromatic carboxylic acids is 2. The number of carboxylic acid groups (broad SMARTS) is 2. The van der Waals surface area contributed by atoms with Gasteiger partial charge in [0.2, 0.25) is 0 Å². The van der Waals surface area contributed by atoms with Gasteiger partial charge in [-0.1, -0.05) is 72.3 Å². The van der Waals surface area contributed by atoms with E-state index in [4.69, 9.17) is 21.1 Å². The summed E-state index contributed by atoms with van der Waals surface area (Å²) in [6.07, 6.45) is 4.34. The maximum Gasteiger partial charge on any atom is 0.406 e. The zero-order valence-corrected chi connectivity index (χ0v) is 37.3. The minimum atomic E-state index is -1.28. The number of alkyl carbamates (subject to hydrolysis) is 1. The van der Waals surface area contributed by atoms with E-state index in [1.165, 1.54) is 25.7 Å². The van der Waals surface area contributed by atoms with E-state index in [9.17, 15) is 39.6 Å². The number of carbonyl (C=O) groups is 4. The Bertz CT molecular complexity index is 2360. The molecule has 15 nitrogen and oxygen atoms in total. The van der Waals surface area contributed by atoms with E-state index in [1.54, 1.807) is 48.5 Å². The number of benzene rings is 5. The number of hydrogen-bond donors (Lipinski definition) is 7. The lowest BCUT2D eigenvalue weighted by Gasteiger charge is -2.37. The molecule has 0 saturated carbocycles. The molecule has 5 aromatic rings. The van der Waals surface area contributed by atoms with Crippen LogP contribution < -0.4 is 16.0 Å². The van der Waals surface area contributed by atoms with Crippen molar-refractivity contribution in [3.05, 3.63) is 118 Å². The van der Waals surface area contributed by atoms with Crippen molar-refractivity contribution in [1.82, 2.24) is 20.9 Å². The average molecular weight is 913 g/mol. The molecule has 0 bridgehead atoms. The highest BCUT2D eigenvalue weighted by atomic mass is 35.5. The molecule has 2 heterocycles. The van der Waals surface area contributed by atoms with Crippen LogP contribution in [0.25, 0.3) is 21.5 Å². The number of likely N-dealkylation sites (N-methyl/N-ethyl adjacent to an activating group) is 1. The van der Waals surface area contributed by atoms with Crippen LogP contribution in [0, 0.1) is 11.8 Å². The van der Waals surface area contributed by atoms with Crippen molar-refractivity contribution in [2.75, 3.05) is 60.2 Å². The lowest BCUT2D eigenvalue weighted by Crippen LogP contribution is -2.50. The third-order valence-corrected chi connectivity index (χ3v) is 12.3. The van der Waals surface area contributed by atoms with Crippen LogP contribution in [0.3, 0.4) is 0 Å². The second-order valence-electron chi connectivity index (χ2n) is 16.3. The molecule has 346 valence electrons. The van der Waals surface area contributed by atoms with Crippen molar-refractivity contribution in [1.29, 1.82) is 0 Å². The number of nitrogens with one attached hydrogen (secondary N) is 3. The number of carbonyl (C=O) groups excluding carboxylic acids is 2. The molecule has 2 saturated heterocycles. The van der Waals surface area contributed by atoms with Crippen LogP contribution in [0.4, 0.5) is 9.59 Å². The fourth-order valence-electron chi connectivity index (χ4n) is 8.75. The number of rotatable bonds is 15. The first-order valence-electron chi connectivity index (χ1n) is 21.8. The Hall–Kier alpha value is -6.13. The molecule has 0 radical (unpaired) electrons. The summed E-state index contributed by atoms with van der Waals surface area (Å²) in [6.45, 7) is 4.21. The lowest BCUT2D eigenvalue weighted by atomic mass is 9.88. The number of urea groups is 1. The highest BCUT2D eigenvalue weighted by molar-refractivity contribution is 6.30. The predicted molar refractivity (Wildman–Crippen MR) is 247 cm³/mol. The van der Waals surface area contributed by atoms with Crippen molar-refractivity contribution >= 4 is 57.2 Å². The second-order valence-corrected chi connectivity index (χ2v) is 16.8. The fourth-order valence-corrected chi connectivity index (χ4v) is 8.94. The summed E-state index contributed by atoms with van der Waals surface area (Å²) < 4.78 is 16.5. The van der Waals surface area contributed by atoms with E-state index >= 15 is 0 Å². The first-order chi connectivity index (χ1) is 31.4. The summed E-state index contributed by atoms with van der Waals surface area (Å²) in [5.41, 5.74) is 1.08. The third kappa shape index (κ3) is 12.6. The van der Waals surface area contributed by atoms with Gasteiger partial charge in [-0.15, -0.1) is 0 Å². The number of methoxy groups -OCH3 is 1. The zero-order valence-electron chi connectivity index (χ0n) is 36.6. The monoisotopic (exact) mass is 912 g/mol. The number of aromatic hydroxyl groups is 2. The predicted octanol–water partition coefficient (Wildman–Crippen LogP) is 7.97. The molecule has 0 unspecified atom stereocenters. The molecule has 16 heteroatoms. The minimum absolute atomic E-state index is 0.0407. The topological polar surface area (TPSA) is 216 Å². The molecule has 0 aromatic heterocycles. The molecule has 65 heavy (non-hydrogen) atoms. The smallest absolute Gasteiger partial charge is 0.406 e. The molecule has 7 rings (SSSR count). The highest BCUT2D eigenvalue weighted by Gasteiger charge is 2.32. The molecule has 4 atom stereocenters. The molecular weight excluding hydrogens is 856 g/mol. The minimum Gasteiger partial charge on any atom is -0.507 e. The van der Waals surface area contributed by atoms with Crippen LogP contribution >= 0.6 is 11.6 Å². The van der Waals surface area contributed by atoms with Gasteiger partial charge in [0.05, 0.1) is 19.8 Å². The number of amides is 3. The number of phenols is 2. The molecular formula is C49H57ClN4O11. The van der Waals surface area contributed by atoms with Crippen LogP contribution in [0.5, 0.6) is 11.5 Å². The van der Waals surface area contributed by atoms with Gasteiger partial charge in [-0.2, -0.15) is 0 Å². The van der Waals surface area contributed by atoms with Crippen LogP contribution in [0.1, 0.15) is 75.6 Å². The largest absolute Gasteiger partial charge is 0.507 e. The summed E-state index contributed by atoms with van der Waals surface area (Å²) in [7, 11) is 3.27. The molecule has 7 N–H and O–H groups in total. The van der Waals surface area contributed by atoms with Gasteiger partial charge in [-0.05, 0) is 96.4 Å². The van der Waals surface area contributed by atoms with E-state index in [-0.39, 0.29) is 41.6 Å². The summed E-state index contributed by atoms with van der Waals surface area (Å²) >= 11 is 6.27. The first kappa shape index (κ1) is 48.3. The van der Waals surface area contributed by atoms with Gasteiger partial charge < -0.3 is 55.5 Å². The maximum atomic E-state index is 13.1. The molecule has 0 aliphatic carbocycles. The van der Waals surface area contributed by atoms with E-state index in [2.05, 4.69) is 20.7 Å². The second kappa shape index (κ2) is 23.2. The van der Waals surface area contributed by atoms with Crippen LogP contribution in [0.2, 0.25) is 5.02 Å². The maximum absolute atomic E-state index is 13.1. The van der Waals surface area contributed by atoms with Crippen LogP contribution in [-0.2, 0) is 20.6 Å². The van der Waals surface area contributed by atoms with Gasteiger partial charge in [-0.25, -0.2) is 19.2 Å². The SMILES string of the molecule is CN[C@H](CNC(=O)N1CCC[C@@H]([C@@H](OCCNC(=O)OC)c2cccc(Cl)c2)C1)C[C@H]1CCCOC1.O=C(O)c1cc2ccccc2c(Cc2c(O)c(C(=O)O)cc3ccccc23)c1O. The Kier molecular flexibility index (Phi) is 17.2. The van der Waals surface area contributed by atoms with Crippen LogP contribution in [-0.4, -0.2) is 116 Å². The van der Waals surface area contributed by atoms with Gasteiger partial charge >= 0.3 is 24.1 Å². The van der Waals surface area contributed by atoms with Gasteiger partial charge in [0.25, 0.3) is 0 Å². The number of piperidine rings is 1. The van der Waals surface area contributed by atoms with E-state index < -0.39 is 29.5 Å². The Labute approximate surface area is 382 Å². The van der Waals surface area contributed by atoms with Crippen molar-refractivity contribution in [2.45, 2.75) is 50.7 Å². The molecule has 0 spiro atoms. The van der Waals surface area contributed by atoms with Crippen molar-refractivity contribution in [3.63, 3.8) is 0 Å². The molecule has 2 aliphatic rings. The zero-order chi connectivity index (χ0) is 46.5. The van der Waals surface area contributed by atoms with E-state index in [0.717, 1.165) is 51.0 Å². The Morgan fingerprint density at radius 3 is 2.06 bits per heavy atom. The van der Waals surface area contributed by atoms with Gasteiger partial charge in [0, 0.05) is 73.9 Å². The van der Waals surface area contributed by atoms with Crippen molar-refractivity contribution in [2.24, 2.45) is 11.8 Å². The number of carboxylic acids is 2. The van der Waals surface area contributed by atoms with Gasteiger partial charge in [0.1, 0.15) is 22.6 Å². The average Bonchev–Trinajstić information content (AvgIpc) is 3.31. The van der Waals surface area contributed by atoms with Crippen molar-refractivity contribution < 1.29 is 53.8 Å². The number of likely N-dealkylation sites (tertiary alicyclic amines) is 1. The number of fused-ring (bicyclic) bond motifs is 2. The summed E-state index contributed by atoms with van der Waals surface area (Å²) in [6, 6.07) is 24.6. The normalized spacial score (nSPS) is 17.1. The first-order valence-corrected chi connectivity index (χ1v) is 22.2. The molecule has 2 fully saturated rings. The van der Waals surface area contributed by atoms with Crippen LogP contribution in [0.15, 0.2) is 84.9 Å². The molecule has 3 amide bonds. The number of halogens is 1. The highest BCUT2D eigenvalue weighted by Crippen LogP contribution is 2.39. The van der Waals surface area contributed by atoms with Gasteiger partial charge in [0.15, 0.2) is 0 Å². The van der Waals surface area contributed by atoms with E-state index in [1.807, 2.05) is 36.2 Å². The van der Waals surface area contributed by atoms with Crippen molar-refractivity contribution in [3.8, 4) is 11.5 Å². The standard InChI is InChI=1S/C26H41ClN4O5.C23H16O6/c1-28-23(14-19-6-5-12-35-18-19)16-30-25(32)31-11-4-8-21(17-31)24(20-7-3-9-22(27)15-20)36-13-10-29-26(33)34-2;24-20-16(14-7-3-1-5-12(14)9-18(20)22(26)27)11-17-15-8-4-2-6-13(15)10-19(21(17)25)23(28)29/h3,7,9,15,19,21,23-24,28H,4-6,8,10-14,16-18H2,1-2H3,(H,29,33)(H,30,32);1-10,24-25H,11H2,(H,26,27)(H,28,29)/t19-,21-,23+,24+;/m1./s1. The Morgan fingerprint density at radius 2 is 1.49 bits per heavy atom. The van der Waals surface area contributed by atoms with Gasteiger partial charge in [-0.3, -0.25) is 0 Å². The number of nitrogens with zero attached hydrogens (tertiary/aromatic N) is 1. The Balaban J connectivity index is 0.000000220. The lowest BCUT2D eigenvalue weighted by molar-refractivity contribution is -0.00851. The number of ether oxygens (including phenoxy) is 3. The molecule has 2 aliphatic heterocycles. The van der Waals surface area contributed by atoms with E-state index in [0.29, 0.717) is 69.9 Å². The number of hydrogen-bond acceptors (Lipinski definition) is 10.